The number of amides is 1. The molecule has 19 heavy (non-hydrogen) atoms. The SMILES string of the molecule is COC(=O)[C@@H](CCCC#N)NC(=O)c1cccnc1. The van der Waals surface area contributed by atoms with E-state index in [9.17, 15) is 9.59 Å². The molecule has 1 amide bonds. The van der Waals surface area contributed by atoms with Crippen molar-refractivity contribution in [2.24, 2.45) is 0 Å². The summed E-state index contributed by atoms with van der Waals surface area (Å²) in [4.78, 5) is 27.3. The molecule has 100 valence electrons. The molecule has 0 bridgehead atoms. The third kappa shape index (κ3) is 4.76. The van der Waals surface area contributed by atoms with Crippen molar-refractivity contribution in [1.82, 2.24) is 10.3 Å². The lowest BCUT2D eigenvalue weighted by atomic mass is 10.1. The molecule has 0 aliphatic heterocycles. The highest BCUT2D eigenvalue weighted by atomic mass is 16.5. The predicted octanol–water partition coefficient (Wildman–Crippen LogP) is 1.05. The Morgan fingerprint density at radius 2 is 2.37 bits per heavy atom. The van der Waals surface area contributed by atoms with Crippen LogP contribution in [0.1, 0.15) is 29.6 Å². The van der Waals surface area contributed by atoms with E-state index in [0.29, 0.717) is 24.8 Å². The number of hydrogen-bond donors (Lipinski definition) is 1. The summed E-state index contributed by atoms with van der Waals surface area (Å²) in [5.41, 5.74) is 0.372. The van der Waals surface area contributed by atoms with Gasteiger partial charge in [-0.15, -0.1) is 0 Å². The molecule has 0 spiro atoms. The second-order valence-corrected chi connectivity index (χ2v) is 3.84. The van der Waals surface area contributed by atoms with Crippen molar-refractivity contribution < 1.29 is 14.3 Å². The molecule has 0 radical (unpaired) electrons. The zero-order chi connectivity index (χ0) is 14.1. The first-order valence-electron chi connectivity index (χ1n) is 5.84. The average Bonchev–Trinajstić information content (AvgIpc) is 2.46. The number of carbonyl (C=O) groups is 2. The van der Waals surface area contributed by atoms with Crippen molar-refractivity contribution >= 4 is 11.9 Å². The molecule has 1 atom stereocenters. The maximum absolute atomic E-state index is 11.9. The van der Waals surface area contributed by atoms with E-state index in [-0.39, 0.29) is 5.91 Å². The smallest absolute Gasteiger partial charge is 0.328 e. The molecule has 1 aromatic rings. The summed E-state index contributed by atoms with van der Waals surface area (Å²) in [5, 5.41) is 11.1. The highest BCUT2D eigenvalue weighted by molar-refractivity contribution is 5.96. The fraction of sp³-hybridized carbons (Fsp3) is 0.385. The van der Waals surface area contributed by atoms with E-state index < -0.39 is 12.0 Å². The third-order valence-corrected chi connectivity index (χ3v) is 2.50. The van der Waals surface area contributed by atoms with Gasteiger partial charge in [0.15, 0.2) is 0 Å². The molecule has 6 heteroatoms. The van der Waals surface area contributed by atoms with Crippen LogP contribution in [0.25, 0.3) is 0 Å². The molecule has 0 aromatic carbocycles. The van der Waals surface area contributed by atoms with Crippen LogP contribution < -0.4 is 5.32 Å². The number of methoxy groups -OCH3 is 1. The van der Waals surface area contributed by atoms with Gasteiger partial charge < -0.3 is 10.1 Å². The van der Waals surface area contributed by atoms with Gasteiger partial charge in [0.25, 0.3) is 5.91 Å². The second kappa shape index (κ2) is 7.82. The summed E-state index contributed by atoms with van der Waals surface area (Å²) in [6, 6.07) is 4.49. The van der Waals surface area contributed by atoms with E-state index in [1.165, 1.54) is 13.3 Å². The van der Waals surface area contributed by atoms with Crippen molar-refractivity contribution in [3.63, 3.8) is 0 Å². The lowest BCUT2D eigenvalue weighted by molar-refractivity contribution is -0.143. The number of pyridine rings is 1. The number of esters is 1. The summed E-state index contributed by atoms with van der Waals surface area (Å²) in [7, 11) is 1.26. The number of hydrogen-bond acceptors (Lipinski definition) is 5. The van der Waals surface area contributed by atoms with Gasteiger partial charge in [-0.25, -0.2) is 4.79 Å². The Hall–Kier alpha value is -2.42. The molecular weight excluding hydrogens is 246 g/mol. The van der Waals surface area contributed by atoms with Crippen LogP contribution in [0, 0.1) is 11.3 Å². The minimum atomic E-state index is -0.744. The molecule has 6 nitrogen and oxygen atoms in total. The van der Waals surface area contributed by atoms with E-state index in [4.69, 9.17) is 5.26 Å². The van der Waals surface area contributed by atoms with E-state index in [0.717, 1.165) is 0 Å². The van der Waals surface area contributed by atoms with Gasteiger partial charge in [0, 0.05) is 18.8 Å². The minimum absolute atomic E-state index is 0.330. The third-order valence-electron chi connectivity index (χ3n) is 2.50. The molecule has 1 aromatic heterocycles. The van der Waals surface area contributed by atoms with Gasteiger partial charge >= 0.3 is 5.97 Å². The second-order valence-electron chi connectivity index (χ2n) is 3.84. The van der Waals surface area contributed by atoms with Gasteiger partial charge in [-0.05, 0) is 25.0 Å². The normalized spacial score (nSPS) is 11.2. The summed E-state index contributed by atoms with van der Waals surface area (Å²) in [6.07, 6.45) is 4.19. The van der Waals surface area contributed by atoms with Crippen molar-refractivity contribution in [2.45, 2.75) is 25.3 Å². The van der Waals surface area contributed by atoms with E-state index in [1.54, 1.807) is 18.3 Å². The van der Waals surface area contributed by atoms with Crippen molar-refractivity contribution in [2.75, 3.05) is 7.11 Å². The first-order valence-corrected chi connectivity index (χ1v) is 5.84. The first-order chi connectivity index (χ1) is 9.19. The van der Waals surface area contributed by atoms with Crippen molar-refractivity contribution in [3.05, 3.63) is 30.1 Å². The number of ether oxygens (including phenoxy) is 1. The van der Waals surface area contributed by atoms with Crippen molar-refractivity contribution in [1.29, 1.82) is 5.26 Å². The highest BCUT2D eigenvalue weighted by Gasteiger charge is 2.21. The number of rotatable bonds is 6. The average molecular weight is 261 g/mol. The number of nitrogens with zero attached hydrogens (tertiary/aromatic N) is 2. The highest BCUT2D eigenvalue weighted by Crippen LogP contribution is 2.04. The Labute approximate surface area is 111 Å². The molecule has 0 saturated carbocycles. The summed E-state index contributed by atoms with van der Waals surface area (Å²) < 4.78 is 4.63. The van der Waals surface area contributed by atoms with E-state index in [2.05, 4.69) is 15.0 Å². The Morgan fingerprint density at radius 3 is 2.95 bits per heavy atom. The Morgan fingerprint density at radius 1 is 1.58 bits per heavy atom. The van der Waals surface area contributed by atoms with E-state index in [1.807, 2.05) is 6.07 Å². The maximum atomic E-state index is 11.9. The summed E-state index contributed by atoms with van der Waals surface area (Å²) >= 11 is 0. The van der Waals surface area contributed by atoms with E-state index >= 15 is 0 Å². The van der Waals surface area contributed by atoms with Gasteiger partial charge in [-0.1, -0.05) is 0 Å². The molecule has 0 unspecified atom stereocenters. The Bertz CT molecular complexity index is 468. The topological polar surface area (TPSA) is 92.1 Å². The van der Waals surface area contributed by atoms with Crippen LogP contribution in [0.5, 0.6) is 0 Å². The fourth-order valence-electron chi connectivity index (χ4n) is 1.52. The molecular formula is C13H15N3O3. The standard InChI is InChI=1S/C13H15N3O3/c1-19-13(18)11(6-2-3-7-14)16-12(17)10-5-4-8-15-9-10/h4-5,8-9,11H,2-3,6H2,1H3,(H,16,17)/t11-/m1/s1. The first kappa shape index (κ1) is 14.6. The summed E-state index contributed by atoms with van der Waals surface area (Å²) in [5.74, 6) is -0.907. The quantitative estimate of drug-likeness (QED) is 0.610. The predicted molar refractivity (Wildman–Crippen MR) is 67.0 cm³/mol. The lowest BCUT2D eigenvalue weighted by Crippen LogP contribution is -2.41. The maximum Gasteiger partial charge on any atom is 0.328 e. The largest absolute Gasteiger partial charge is 0.467 e. The zero-order valence-corrected chi connectivity index (χ0v) is 10.6. The van der Waals surface area contributed by atoms with Gasteiger partial charge in [-0.2, -0.15) is 5.26 Å². The van der Waals surface area contributed by atoms with Gasteiger partial charge in [-0.3, -0.25) is 9.78 Å². The van der Waals surface area contributed by atoms with Gasteiger partial charge in [0.2, 0.25) is 0 Å². The van der Waals surface area contributed by atoms with Gasteiger partial charge in [0.05, 0.1) is 18.7 Å². The molecule has 0 saturated heterocycles. The number of carbonyl (C=O) groups excluding carboxylic acids is 2. The Kier molecular flexibility index (Phi) is 6.03. The number of nitrogens with one attached hydrogen (secondary N) is 1. The number of nitriles is 1. The van der Waals surface area contributed by atoms with Crippen LogP contribution in [0.3, 0.4) is 0 Å². The van der Waals surface area contributed by atoms with Gasteiger partial charge in [0.1, 0.15) is 6.04 Å². The fourth-order valence-corrected chi connectivity index (χ4v) is 1.52. The van der Waals surface area contributed by atoms with Crippen molar-refractivity contribution in [3.8, 4) is 6.07 Å². The lowest BCUT2D eigenvalue weighted by Gasteiger charge is -2.15. The van der Waals surface area contributed by atoms with Crippen LogP contribution in [-0.2, 0) is 9.53 Å². The monoisotopic (exact) mass is 261 g/mol. The zero-order valence-electron chi connectivity index (χ0n) is 10.6. The van der Waals surface area contributed by atoms with Crippen LogP contribution >= 0.6 is 0 Å². The number of aromatic nitrogens is 1. The van der Waals surface area contributed by atoms with Crippen LogP contribution in [0.15, 0.2) is 24.5 Å². The molecule has 1 rings (SSSR count). The Balaban J connectivity index is 2.64. The minimum Gasteiger partial charge on any atom is -0.467 e. The molecule has 0 aliphatic rings. The van der Waals surface area contributed by atoms with Crippen LogP contribution in [0.2, 0.25) is 0 Å². The van der Waals surface area contributed by atoms with Crippen LogP contribution in [0.4, 0.5) is 0 Å². The number of unbranched alkanes of at least 4 members (excludes halogenated alkanes) is 1. The van der Waals surface area contributed by atoms with Crippen LogP contribution in [-0.4, -0.2) is 30.0 Å². The molecule has 0 aliphatic carbocycles. The molecule has 1 N–H and O–H groups in total. The molecule has 0 fully saturated rings. The summed E-state index contributed by atoms with van der Waals surface area (Å²) in [6.45, 7) is 0. The molecule has 1 heterocycles.